The summed E-state index contributed by atoms with van der Waals surface area (Å²) in [5.41, 5.74) is 2.37. The molecule has 0 radical (unpaired) electrons. The highest BCUT2D eigenvalue weighted by atomic mass is 16.6. The van der Waals surface area contributed by atoms with E-state index in [0.29, 0.717) is 6.54 Å². The number of aryl methyl sites for hydroxylation is 2. The number of nitrogens with one attached hydrogen (secondary N) is 1. The first kappa shape index (κ1) is 18.2. The number of benzene rings is 1. The molecule has 0 saturated heterocycles. The lowest BCUT2D eigenvalue weighted by Gasteiger charge is -2.10. The molecule has 2 aromatic heterocycles. The van der Waals surface area contributed by atoms with Gasteiger partial charge in [0.25, 0.3) is 5.91 Å². The van der Waals surface area contributed by atoms with Crippen molar-refractivity contribution in [2.75, 3.05) is 5.32 Å². The van der Waals surface area contributed by atoms with E-state index in [1.165, 1.54) is 24.1 Å². The standard InChI is InChI=1S/C17H19N7O3/c1-11-6-4-5-7-14(11)8-22-10-18-17(21-22)19-16(25)13(3)23-9-15(24(26)27)12(2)20-23/h4-7,9-10,13H,8H2,1-3H3,(H,19,21,25). The minimum Gasteiger partial charge on any atom is -0.291 e. The molecule has 0 fully saturated rings. The lowest BCUT2D eigenvalue weighted by atomic mass is 10.1. The number of hydrogen-bond donors (Lipinski definition) is 1. The van der Waals surface area contributed by atoms with Gasteiger partial charge in [-0.2, -0.15) is 5.10 Å². The van der Waals surface area contributed by atoms with E-state index in [1.807, 2.05) is 31.2 Å². The average molecular weight is 369 g/mol. The van der Waals surface area contributed by atoms with Crippen molar-refractivity contribution in [2.45, 2.75) is 33.4 Å². The topological polar surface area (TPSA) is 121 Å². The van der Waals surface area contributed by atoms with Crippen LogP contribution < -0.4 is 5.32 Å². The summed E-state index contributed by atoms with van der Waals surface area (Å²) in [6, 6.07) is 7.19. The molecule has 1 N–H and O–H groups in total. The van der Waals surface area contributed by atoms with E-state index >= 15 is 0 Å². The van der Waals surface area contributed by atoms with Gasteiger partial charge in [0, 0.05) is 0 Å². The van der Waals surface area contributed by atoms with E-state index in [2.05, 4.69) is 20.5 Å². The van der Waals surface area contributed by atoms with E-state index in [1.54, 1.807) is 11.6 Å². The third kappa shape index (κ3) is 4.00. The summed E-state index contributed by atoms with van der Waals surface area (Å²) in [6.07, 6.45) is 2.78. The Kier molecular flexibility index (Phi) is 4.97. The molecule has 2 heterocycles. The third-order valence-corrected chi connectivity index (χ3v) is 4.23. The molecule has 1 atom stereocenters. The van der Waals surface area contributed by atoms with Gasteiger partial charge in [-0.3, -0.25) is 24.9 Å². The van der Waals surface area contributed by atoms with Crippen LogP contribution in [0.5, 0.6) is 0 Å². The number of nitrogens with zero attached hydrogens (tertiary/aromatic N) is 6. The number of nitro groups is 1. The molecule has 0 bridgehead atoms. The lowest BCUT2D eigenvalue weighted by Crippen LogP contribution is -2.24. The SMILES string of the molecule is Cc1ccccc1Cn1cnc(NC(=O)C(C)n2cc([N+](=O)[O-])c(C)n2)n1. The molecule has 10 nitrogen and oxygen atoms in total. The van der Waals surface area contributed by atoms with Crippen molar-refractivity contribution < 1.29 is 9.72 Å². The molecule has 1 aromatic carbocycles. The summed E-state index contributed by atoms with van der Waals surface area (Å²) >= 11 is 0. The Bertz CT molecular complexity index is 992. The fourth-order valence-corrected chi connectivity index (χ4v) is 2.57. The second kappa shape index (κ2) is 7.36. The molecule has 10 heteroatoms. The van der Waals surface area contributed by atoms with Crippen LogP contribution in [0.15, 0.2) is 36.8 Å². The van der Waals surface area contributed by atoms with Crippen LogP contribution in [0.25, 0.3) is 0 Å². The van der Waals surface area contributed by atoms with Crippen LogP contribution in [-0.4, -0.2) is 35.4 Å². The summed E-state index contributed by atoms with van der Waals surface area (Å²) in [5, 5.41) is 21.8. The number of carbonyl (C=O) groups is 1. The van der Waals surface area contributed by atoms with Crippen LogP contribution in [-0.2, 0) is 11.3 Å². The van der Waals surface area contributed by atoms with Gasteiger partial charge in [-0.15, -0.1) is 5.10 Å². The van der Waals surface area contributed by atoms with Gasteiger partial charge in [-0.05, 0) is 31.9 Å². The van der Waals surface area contributed by atoms with E-state index in [9.17, 15) is 14.9 Å². The maximum absolute atomic E-state index is 12.4. The van der Waals surface area contributed by atoms with Crippen LogP contribution >= 0.6 is 0 Å². The maximum Gasteiger partial charge on any atom is 0.309 e. The normalized spacial score (nSPS) is 12.0. The largest absolute Gasteiger partial charge is 0.309 e. The monoisotopic (exact) mass is 369 g/mol. The number of hydrogen-bond acceptors (Lipinski definition) is 6. The quantitative estimate of drug-likeness (QED) is 0.525. The molecule has 0 saturated carbocycles. The van der Waals surface area contributed by atoms with Crippen molar-refractivity contribution in [3.8, 4) is 0 Å². The van der Waals surface area contributed by atoms with Gasteiger partial charge in [-0.1, -0.05) is 24.3 Å². The zero-order chi connectivity index (χ0) is 19.6. The Labute approximate surface area is 155 Å². The van der Waals surface area contributed by atoms with E-state index < -0.39 is 16.9 Å². The Hall–Kier alpha value is -3.56. The molecule has 1 amide bonds. The van der Waals surface area contributed by atoms with E-state index in [0.717, 1.165) is 11.1 Å². The van der Waals surface area contributed by atoms with Gasteiger partial charge in [0.15, 0.2) is 0 Å². The van der Waals surface area contributed by atoms with Gasteiger partial charge in [-0.25, -0.2) is 9.67 Å². The molecule has 3 aromatic rings. The first-order valence-electron chi connectivity index (χ1n) is 8.30. The fraction of sp³-hybridized carbons (Fsp3) is 0.294. The smallest absolute Gasteiger partial charge is 0.291 e. The summed E-state index contributed by atoms with van der Waals surface area (Å²) in [7, 11) is 0. The van der Waals surface area contributed by atoms with Gasteiger partial charge in [0.1, 0.15) is 24.3 Å². The van der Waals surface area contributed by atoms with Crippen molar-refractivity contribution in [2.24, 2.45) is 0 Å². The molecular formula is C17H19N7O3. The Morgan fingerprint density at radius 2 is 2.04 bits per heavy atom. The van der Waals surface area contributed by atoms with E-state index in [-0.39, 0.29) is 17.3 Å². The van der Waals surface area contributed by atoms with Crippen LogP contribution in [0.1, 0.15) is 29.8 Å². The molecule has 1 unspecified atom stereocenters. The minimum atomic E-state index is -0.749. The Balaban J connectivity index is 1.68. The van der Waals surface area contributed by atoms with Gasteiger partial charge in [0.05, 0.1) is 11.5 Å². The van der Waals surface area contributed by atoms with Crippen molar-refractivity contribution in [1.29, 1.82) is 0 Å². The van der Waals surface area contributed by atoms with Crippen LogP contribution in [0, 0.1) is 24.0 Å². The first-order valence-corrected chi connectivity index (χ1v) is 8.30. The molecule has 140 valence electrons. The number of aromatic nitrogens is 5. The van der Waals surface area contributed by atoms with Gasteiger partial charge in [0.2, 0.25) is 5.95 Å². The van der Waals surface area contributed by atoms with Gasteiger partial charge < -0.3 is 0 Å². The second-order valence-corrected chi connectivity index (χ2v) is 6.19. The average Bonchev–Trinajstić information content (AvgIpc) is 3.22. The van der Waals surface area contributed by atoms with Crippen LogP contribution in [0.2, 0.25) is 0 Å². The molecule has 3 rings (SSSR count). The lowest BCUT2D eigenvalue weighted by molar-refractivity contribution is -0.385. The van der Waals surface area contributed by atoms with E-state index in [4.69, 9.17) is 0 Å². The number of carbonyl (C=O) groups excluding carboxylic acids is 1. The molecule has 27 heavy (non-hydrogen) atoms. The van der Waals surface area contributed by atoms with Crippen LogP contribution in [0.3, 0.4) is 0 Å². The number of rotatable bonds is 6. The van der Waals surface area contributed by atoms with Crippen molar-refractivity contribution in [3.05, 3.63) is 63.7 Å². The predicted octanol–water partition coefficient (Wildman–Crippen LogP) is 2.25. The summed E-state index contributed by atoms with van der Waals surface area (Å²) in [4.78, 5) is 26.9. The van der Waals surface area contributed by atoms with Gasteiger partial charge >= 0.3 is 5.69 Å². The van der Waals surface area contributed by atoms with Crippen molar-refractivity contribution >= 4 is 17.5 Å². The maximum atomic E-state index is 12.4. The molecule has 0 aliphatic heterocycles. The first-order chi connectivity index (χ1) is 12.8. The Morgan fingerprint density at radius 3 is 2.70 bits per heavy atom. The minimum absolute atomic E-state index is 0.129. The zero-order valence-electron chi connectivity index (χ0n) is 15.2. The highest BCUT2D eigenvalue weighted by molar-refractivity contribution is 5.91. The number of amides is 1. The summed E-state index contributed by atoms with van der Waals surface area (Å²) in [5.74, 6) is -0.250. The fourth-order valence-electron chi connectivity index (χ4n) is 2.57. The second-order valence-electron chi connectivity index (χ2n) is 6.19. The molecule has 0 spiro atoms. The Morgan fingerprint density at radius 1 is 1.30 bits per heavy atom. The molecule has 0 aliphatic carbocycles. The van der Waals surface area contributed by atoms with Crippen molar-refractivity contribution in [3.63, 3.8) is 0 Å². The highest BCUT2D eigenvalue weighted by Crippen LogP contribution is 2.19. The number of anilines is 1. The molecule has 0 aliphatic rings. The summed E-state index contributed by atoms with van der Waals surface area (Å²) < 4.78 is 2.89. The third-order valence-electron chi connectivity index (χ3n) is 4.23. The predicted molar refractivity (Wildman–Crippen MR) is 97.3 cm³/mol. The van der Waals surface area contributed by atoms with Crippen molar-refractivity contribution in [1.82, 2.24) is 24.5 Å². The molecular weight excluding hydrogens is 350 g/mol. The zero-order valence-corrected chi connectivity index (χ0v) is 15.2. The highest BCUT2D eigenvalue weighted by Gasteiger charge is 2.23. The van der Waals surface area contributed by atoms with Crippen LogP contribution in [0.4, 0.5) is 11.6 Å². The summed E-state index contributed by atoms with van der Waals surface area (Å²) in [6.45, 7) is 5.67.